The van der Waals surface area contributed by atoms with E-state index in [2.05, 4.69) is 15.1 Å². The molecule has 4 aromatic rings. The first-order valence-electron chi connectivity index (χ1n) is 11.2. The quantitative estimate of drug-likeness (QED) is 0.139. The van der Waals surface area contributed by atoms with Crippen LogP contribution in [0.3, 0.4) is 0 Å². The fourth-order valence-electron chi connectivity index (χ4n) is 3.30. The van der Waals surface area contributed by atoms with Crippen molar-refractivity contribution in [3.05, 3.63) is 113 Å². The molecule has 198 valence electrons. The molecule has 11 nitrogen and oxygen atoms in total. The smallest absolute Gasteiger partial charge is 0.245 e. The lowest BCUT2D eigenvalue weighted by molar-refractivity contribution is -0.435. The number of sulfonamides is 2. The van der Waals surface area contributed by atoms with Gasteiger partial charge in [-0.05, 0) is 71.8 Å². The zero-order valence-corrected chi connectivity index (χ0v) is 21.8. The molecule has 0 saturated heterocycles. The second-order valence-electron chi connectivity index (χ2n) is 8.16. The van der Waals surface area contributed by atoms with Gasteiger partial charge in [0.2, 0.25) is 25.7 Å². The van der Waals surface area contributed by atoms with E-state index in [1.807, 2.05) is 0 Å². The number of azo groups is 1. The summed E-state index contributed by atoms with van der Waals surface area (Å²) in [6.07, 6.45) is 3.10. The number of benzene rings is 4. The largest absolute Gasteiger partial charge is 0.594 e. The zero-order valence-electron chi connectivity index (χ0n) is 20.2. The molecular formula is C26H22N6O5S2. The minimum atomic E-state index is -3.78. The second-order valence-corrected chi connectivity index (χ2v) is 11.3. The molecule has 4 rings (SSSR count). The van der Waals surface area contributed by atoms with Crippen LogP contribution in [0.1, 0.15) is 11.1 Å². The van der Waals surface area contributed by atoms with Gasteiger partial charge in [0.25, 0.3) is 0 Å². The molecule has 0 bridgehead atoms. The molecule has 4 aromatic carbocycles. The van der Waals surface area contributed by atoms with Crippen LogP contribution in [0.5, 0.6) is 0 Å². The molecule has 0 fully saturated rings. The van der Waals surface area contributed by atoms with Crippen LogP contribution in [-0.4, -0.2) is 34.1 Å². The van der Waals surface area contributed by atoms with Gasteiger partial charge in [0.1, 0.15) is 5.69 Å². The van der Waals surface area contributed by atoms with Gasteiger partial charge in [-0.3, -0.25) is 9.98 Å². The van der Waals surface area contributed by atoms with E-state index < -0.39 is 20.0 Å². The van der Waals surface area contributed by atoms with E-state index in [-0.39, 0.29) is 15.5 Å². The van der Waals surface area contributed by atoms with Crippen LogP contribution >= 0.6 is 0 Å². The maximum absolute atomic E-state index is 12.7. The Labute approximate surface area is 225 Å². The molecule has 0 aliphatic heterocycles. The van der Waals surface area contributed by atoms with Crippen molar-refractivity contribution < 1.29 is 21.7 Å². The summed E-state index contributed by atoms with van der Waals surface area (Å²) in [6.45, 7) is 0. The van der Waals surface area contributed by atoms with Gasteiger partial charge in [0.15, 0.2) is 0 Å². The number of primary sulfonamides is 2. The van der Waals surface area contributed by atoms with E-state index in [4.69, 9.17) is 10.3 Å². The van der Waals surface area contributed by atoms with Gasteiger partial charge in [-0.1, -0.05) is 29.1 Å². The Balaban J connectivity index is 1.48. The molecule has 0 saturated carbocycles. The van der Waals surface area contributed by atoms with Gasteiger partial charge in [-0.15, -0.1) is 0 Å². The van der Waals surface area contributed by atoms with Crippen molar-refractivity contribution in [1.82, 2.24) is 0 Å². The highest BCUT2D eigenvalue weighted by Crippen LogP contribution is 2.21. The highest BCUT2D eigenvalue weighted by atomic mass is 32.2. The van der Waals surface area contributed by atoms with E-state index in [1.165, 1.54) is 54.7 Å². The SMILES string of the molecule is NS(=O)(=O)c1ccc(N=Cc2cccc(N=[N+]([O-])c3cccc(C=Nc4ccc(S(N)(=O)=O)cc4)c3)c2)cc1. The van der Waals surface area contributed by atoms with Gasteiger partial charge < -0.3 is 5.21 Å². The van der Waals surface area contributed by atoms with Gasteiger partial charge in [0.05, 0.1) is 21.2 Å². The van der Waals surface area contributed by atoms with Crippen molar-refractivity contribution in [3.8, 4) is 0 Å². The average molecular weight is 563 g/mol. The van der Waals surface area contributed by atoms with Crippen molar-refractivity contribution in [2.24, 2.45) is 25.4 Å². The lowest BCUT2D eigenvalue weighted by Gasteiger charge is -2.02. The molecule has 13 heteroatoms. The highest BCUT2D eigenvalue weighted by molar-refractivity contribution is 7.89. The lowest BCUT2D eigenvalue weighted by Crippen LogP contribution is -2.11. The number of nitrogens with zero attached hydrogens (tertiary/aromatic N) is 4. The minimum absolute atomic E-state index is 0.00748. The monoisotopic (exact) mass is 562 g/mol. The molecule has 4 N–H and O–H groups in total. The van der Waals surface area contributed by atoms with E-state index in [9.17, 15) is 22.0 Å². The van der Waals surface area contributed by atoms with E-state index in [1.54, 1.807) is 54.7 Å². The molecule has 0 heterocycles. The number of rotatable bonds is 8. The first-order chi connectivity index (χ1) is 18.5. The zero-order chi connectivity index (χ0) is 28.0. The molecule has 0 atom stereocenters. The summed E-state index contributed by atoms with van der Waals surface area (Å²) in [6, 6.07) is 25.0. The molecule has 0 aromatic heterocycles. The van der Waals surface area contributed by atoms with Gasteiger partial charge in [0, 0.05) is 29.7 Å². The minimum Gasteiger partial charge on any atom is -0.594 e. The van der Waals surface area contributed by atoms with Crippen LogP contribution in [0.4, 0.5) is 22.7 Å². The van der Waals surface area contributed by atoms with Crippen LogP contribution < -0.4 is 10.3 Å². The van der Waals surface area contributed by atoms with Crippen molar-refractivity contribution in [2.75, 3.05) is 0 Å². The molecule has 39 heavy (non-hydrogen) atoms. The fraction of sp³-hybridized carbons (Fsp3) is 0. The number of hydrogen-bond acceptors (Lipinski definition) is 8. The van der Waals surface area contributed by atoms with Crippen molar-refractivity contribution in [3.63, 3.8) is 0 Å². The Morgan fingerprint density at radius 1 is 0.615 bits per heavy atom. The third-order valence-electron chi connectivity index (χ3n) is 5.22. The maximum atomic E-state index is 12.7. The maximum Gasteiger partial charge on any atom is 0.245 e. The summed E-state index contributed by atoms with van der Waals surface area (Å²) in [5.41, 5.74) is 3.01. The van der Waals surface area contributed by atoms with Crippen molar-refractivity contribution in [1.29, 1.82) is 0 Å². The molecule has 0 radical (unpaired) electrons. The number of hydrogen-bond donors (Lipinski definition) is 2. The lowest BCUT2D eigenvalue weighted by atomic mass is 10.2. The predicted octanol–water partition coefficient (Wildman–Crippen LogP) is 4.41. The van der Waals surface area contributed by atoms with Gasteiger partial charge >= 0.3 is 0 Å². The first-order valence-corrected chi connectivity index (χ1v) is 14.3. The van der Waals surface area contributed by atoms with E-state index in [0.29, 0.717) is 33.0 Å². The highest BCUT2D eigenvalue weighted by Gasteiger charge is 2.08. The molecule has 0 amide bonds. The summed E-state index contributed by atoms with van der Waals surface area (Å²) < 4.78 is 45.5. The summed E-state index contributed by atoms with van der Waals surface area (Å²) >= 11 is 0. The molecule has 0 aliphatic rings. The topological polar surface area (TPSA) is 183 Å². The van der Waals surface area contributed by atoms with Crippen LogP contribution in [-0.2, 0) is 20.0 Å². The normalized spacial score (nSPS) is 12.8. The number of aliphatic imine (C=N–C) groups is 2. The van der Waals surface area contributed by atoms with Crippen LogP contribution in [0.2, 0.25) is 0 Å². The Bertz CT molecular complexity index is 1800. The second kappa shape index (κ2) is 11.4. The Morgan fingerprint density at radius 3 is 1.56 bits per heavy atom. The molecular weight excluding hydrogens is 540 g/mol. The van der Waals surface area contributed by atoms with E-state index in [0.717, 1.165) is 0 Å². The standard InChI is InChI=1S/C26H22N6O5S2/c27-38(34,35)25-11-7-21(8-12-25)29-17-19-3-1-5-23(15-19)31-32(33)24-6-2-4-20(16-24)18-30-22-9-13-26(14-10-22)39(28,36)37/h1-18H,(H2,27,34,35)(H2,28,36,37). The summed E-state index contributed by atoms with van der Waals surface area (Å²) in [7, 11) is -7.56. The van der Waals surface area contributed by atoms with Crippen molar-refractivity contribution >= 4 is 55.2 Å². The third-order valence-corrected chi connectivity index (χ3v) is 7.08. The Hall–Kier alpha value is -4.56. The summed E-state index contributed by atoms with van der Waals surface area (Å²) in [5, 5.41) is 27.0. The molecule has 0 unspecified atom stereocenters. The van der Waals surface area contributed by atoms with Crippen LogP contribution in [0, 0.1) is 5.21 Å². The van der Waals surface area contributed by atoms with Crippen molar-refractivity contribution in [2.45, 2.75) is 9.79 Å². The summed E-state index contributed by atoms with van der Waals surface area (Å²) in [5.74, 6) is 0. The predicted molar refractivity (Wildman–Crippen MR) is 148 cm³/mol. The molecule has 0 spiro atoms. The molecule has 0 aliphatic carbocycles. The average Bonchev–Trinajstić information content (AvgIpc) is 2.90. The van der Waals surface area contributed by atoms with Gasteiger partial charge in [-0.25, -0.2) is 27.1 Å². The Morgan fingerprint density at radius 2 is 1.08 bits per heavy atom. The third kappa shape index (κ3) is 7.72. The first kappa shape index (κ1) is 27.5. The van der Waals surface area contributed by atoms with Crippen LogP contribution in [0.15, 0.2) is 122 Å². The summed E-state index contributed by atoms with van der Waals surface area (Å²) in [4.78, 5) is 9.07. The Kier molecular flexibility index (Phi) is 8.07. The fourth-order valence-corrected chi connectivity index (χ4v) is 4.33. The van der Waals surface area contributed by atoms with E-state index >= 15 is 0 Å². The number of nitrogens with two attached hydrogens (primary N) is 2. The van der Waals surface area contributed by atoms with Gasteiger partial charge in [-0.2, -0.15) is 0 Å². The van der Waals surface area contributed by atoms with Crippen LogP contribution in [0.25, 0.3) is 0 Å².